The Kier molecular flexibility index (Phi) is 7.58. The summed E-state index contributed by atoms with van der Waals surface area (Å²) < 4.78 is 48.4. The van der Waals surface area contributed by atoms with Crippen LogP contribution in [0.2, 0.25) is 10.0 Å². The molecule has 0 aliphatic rings. The molecule has 3 aromatic carbocycles. The molecule has 35 heavy (non-hydrogen) atoms. The van der Waals surface area contributed by atoms with Gasteiger partial charge in [-0.25, -0.2) is 12.8 Å². The minimum absolute atomic E-state index is 0.112. The number of aromatic nitrogens is 1. The van der Waals surface area contributed by atoms with E-state index in [0.717, 1.165) is 24.3 Å². The van der Waals surface area contributed by atoms with Gasteiger partial charge in [0.1, 0.15) is 5.82 Å². The van der Waals surface area contributed by atoms with Gasteiger partial charge in [-0.05, 0) is 54.6 Å². The van der Waals surface area contributed by atoms with Crippen LogP contribution in [0.3, 0.4) is 0 Å². The second kappa shape index (κ2) is 10.5. The monoisotopic (exact) mass is 553 g/mol. The maximum atomic E-state index is 13.1. The molecule has 4 rings (SSSR count). The van der Waals surface area contributed by atoms with Crippen molar-refractivity contribution in [3.05, 3.63) is 86.9 Å². The molecule has 12 heteroatoms. The molecule has 1 N–H and O–H groups in total. The summed E-state index contributed by atoms with van der Waals surface area (Å²) in [5.74, 6) is -1.14. The summed E-state index contributed by atoms with van der Waals surface area (Å²) in [6.07, 6.45) is 0. The Bertz CT molecular complexity index is 1580. The van der Waals surface area contributed by atoms with Gasteiger partial charge in [0.15, 0.2) is 4.80 Å². The number of nitrogens with zero attached hydrogens (tertiary/aromatic N) is 2. The highest BCUT2D eigenvalue weighted by molar-refractivity contribution is 7.92. The average molecular weight is 554 g/mol. The van der Waals surface area contributed by atoms with Crippen LogP contribution >= 0.6 is 34.5 Å². The molecule has 0 saturated carbocycles. The highest BCUT2D eigenvalue weighted by Crippen LogP contribution is 2.32. The van der Waals surface area contributed by atoms with E-state index in [-0.39, 0.29) is 16.1 Å². The lowest BCUT2D eigenvalue weighted by Gasteiger charge is -2.09. The Labute approximate surface area is 214 Å². The fourth-order valence-corrected chi connectivity index (χ4v) is 6.00. The van der Waals surface area contributed by atoms with Gasteiger partial charge in [-0.2, -0.15) is 4.99 Å². The van der Waals surface area contributed by atoms with Crippen molar-refractivity contribution in [2.24, 2.45) is 4.99 Å². The summed E-state index contributed by atoms with van der Waals surface area (Å²) in [6.45, 7) is 0.747. The number of fused-ring (bicyclic) bond motifs is 1. The van der Waals surface area contributed by atoms with Gasteiger partial charge in [-0.3, -0.25) is 9.52 Å². The number of halogens is 3. The number of ether oxygens (including phenoxy) is 1. The van der Waals surface area contributed by atoms with Crippen LogP contribution in [0.15, 0.2) is 70.6 Å². The third-order valence-electron chi connectivity index (χ3n) is 4.93. The molecule has 0 aliphatic heterocycles. The number of nitrogens with one attached hydrogen (secondary N) is 1. The molecule has 0 aliphatic carbocycles. The molecule has 1 heterocycles. The van der Waals surface area contributed by atoms with E-state index in [1.165, 1.54) is 35.6 Å². The summed E-state index contributed by atoms with van der Waals surface area (Å²) in [5, 5.41) is 0.939. The molecule has 0 saturated heterocycles. The molecule has 1 amide bonds. The number of anilines is 1. The first-order valence-corrected chi connectivity index (χ1v) is 13.2. The van der Waals surface area contributed by atoms with Crippen LogP contribution in [0.25, 0.3) is 10.2 Å². The largest absolute Gasteiger partial charge is 0.383 e. The van der Waals surface area contributed by atoms with E-state index < -0.39 is 21.7 Å². The maximum Gasteiger partial charge on any atom is 0.279 e. The predicted molar refractivity (Wildman–Crippen MR) is 135 cm³/mol. The number of benzene rings is 3. The number of hydrogen-bond acceptors (Lipinski definition) is 5. The Balaban J connectivity index is 1.70. The quantitative estimate of drug-likeness (QED) is 0.334. The van der Waals surface area contributed by atoms with Crippen LogP contribution in [0.1, 0.15) is 10.4 Å². The van der Waals surface area contributed by atoms with Crippen LogP contribution in [0, 0.1) is 5.82 Å². The van der Waals surface area contributed by atoms with Gasteiger partial charge < -0.3 is 9.30 Å². The van der Waals surface area contributed by atoms with Gasteiger partial charge in [-0.1, -0.05) is 40.6 Å². The highest BCUT2D eigenvalue weighted by Gasteiger charge is 2.17. The fourth-order valence-electron chi connectivity index (χ4n) is 3.28. The summed E-state index contributed by atoms with van der Waals surface area (Å²) in [4.78, 5) is 17.5. The van der Waals surface area contributed by atoms with Gasteiger partial charge in [-0.15, -0.1) is 0 Å². The number of methoxy groups -OCH3 is 1. The lowest BCUT2D eigenvalue weighted by molar-refractivity contribution is 0.0997. The molecule has 0 spiro atoms. The second-order valence-electron chi connectivity index (χ2n) is 7.29. The summed E-state index contributed by atoms with van der Waals surface area (Å²) in [6, 6.07) is 13.7. The predicted octanol–water partition coefficient (Wildman–Crippen LogP) is 5.34. The van der Waals surface area contributed by atoms with Gasteiger partial charge >= 0.3 is 0 Å². The van der Waals surface area contributed by atoms with E-state index in [0.29, 0.717) is 38.2 Å². The molecule has 182 valence electrons. The first-order valence-electron chi connectivity index (χ1n) is 10.1. The number of amides is 1. The molecule has 4 aromatic rings. The van der Waals surface area contributed by atoms with E-state index in [2.05, 4.69) is 9.71 Å². The first-order chi connectivity index (χ1) is 16.7. The first kappa shape index (κ1) is 25.3. The minimum atomic E-state index is -3.98. The van der Waals surface area contributed by atoms with E-state index in [1.807, 2.05) is 0 Å². The zero-order valence-corrected chi connectivity index (χ0v) is 21.3. The number of rotatable bonds is 7. The maximum absolute atomic E-state index is 13.1. The third-order valence-corrected chi connectivity index (χ3v) is 8.17. The zero-order chi connectivity index (χ0) is 25.2. The van der Waals surface area contributed by atoms with Crippen LogP contribution in [0.5, 0.6) is 0 Å². The van der Waals surface area contributed by atoms with Crippen molar-refractivity contribution in [2.75, 3.05) is 18.4 Å². The number of carbonyl (C=O) groups excluding carboxylic acids is 1. The van der Waals surface area contributed by atoms with Crippen LogP contribution in [0.4, 0.5) is 10.1 Å². The van der Waals surface area contributed by atoms with Crippen molar-refractivity contribution in [1.82, 2.24) is 4.57 Å². The molecule has 0 bridgehead atoms. The van der Waals surface area contributed by atoms with E-state index in [4.69, 9.17) is 27.9 Å². The van der Waals surface area contributed by atoms with Crippen molar-refractivity contribution in [2.45, 2.75) is 11.4 Å². The number of thiazole rings is 1. The second-order valence-corrected chi connectivity index (χ2v) is 10.8. The van der Waals surface area contributed by atoms with E-state index in [1.54, 1.807) is 23.8 Å². The topological polar surface area (TPSA) is 89.8 Å². The minimum Gasteiger partial charge on any atom is -0.383 e. The molecular formula is C23H18Cl2FN3O4S2. The molecule has 1 aromatic heterocycles. The lowest BCUT2D eigenvalue weighted by atomic mass is 10.2. The fraction of sp³-hybridized carbons (Fsp3) is 0.130. The van der Waals surface area contributed by atoms with Gasteiger partial charge in [0.25, 0.3) is 15.9 Å². The van der Waals surface area contributed by atoms with Crippen molar-refractivity contribution in [3.8, 4) is 0 Å². The van der Waals surface area contributed by atoms with E-state index >= 15 is 0 Å². The normalized spacial score (nSPS) is 12.3. The molecule has 0 fully saturated rings. The Hall–Kier alpha value is -2.76. The van der Waals surface area contributed by atoms with Crippen molar-refractivity contribution in [3.63, 3.8) is 0 Å². The van der Waals surface area contributed by atoms with Crippen molar-refractivity contribution in [1.29, 1.82) is 0 Å². The smallest absolute Gasteiger partial charge is 0.279 e. The molecule has 0 radical (unpaired) electrons. The molecule has 7 nitrogen and oxygen atoms in total. The number of sulfonamides is 1. The Morgan fingerprint density at radius 2 is 1.83 bits per heavy atom. The Morgan fingerprint density at radius 1 is 1.11 bits per heavy atom. The Morgan fingerprint density at radius 3 is 2.54 bits per heavy atom. The van der Waals surface area contributed by atoms with Gasteiger partial charge in [0.2, 0.25) is 0 Å². The third kappa shape index (κ3) is 5.57. The average Bonchev–Trinajstić information content (AvgIpc) is 3.19. The van der Waals surface area contributed by atoms with Gasteiger partial charge in [0.05, 0.1) is 31.8 Å². The zero-order valence-electron chi connectivity index (χ0n) is 18.2. The van der Waals surface area contributed by atoms with Crippen molar-refractivity contribution >= 4 is 66.4 Å². The van der Waals surface area contributed by atoms with Crippen LogP contribution in [-0.4, -0.2) is 32.6 Å². The standard InChI is InChI=1S/C23H18Cl2FN3O4S2/c1-33-12-11-29-20-18(24)9-10-19(25)21(20)34-23(29)27-22(30)14-3-2-4-16(13-14)28-35(31,32)17-7-5-15(26)6-8-17/h2-10,13,28H,11-12H2,1H3. The highest BCUT2D eigenvalue weighted by atomic mass is 35.5. The van der Waals surface area contributed by atoms with E-state index in [9.17, 15) is 17.6 Å². The van der Waals surface area contributed by atoms with Gasteiger partial charge in [0, 0.05) is 24.9 Å². The number of carbonyl (C=O) groups is 1. The summed E-state index contributed by atoms with van der Waals surface area (Å²) in [7, 11) is -2.42. The molecule has 0 unspecified atom stereocenters. The van der Waals surface area contributed by atoms with Crippen molar-refractivity contribution < 1.29 is 22.3 Å². The number of hydrogen-bond donors (Lipinski definition) is 1. The van der Waals surface area contributed by atoms with Crippen LogP contribution < -0.4 is 9.52 Å². The SMILES string of the molecule is COCCn1c(=NC(=O)c2cccc(NS(=O)(=O)c3ccc(F)cc3)c2)sc2c(Cl)ccc(Cl)c21. The van der Waals surface area contributed by atoms with Crippen LogP contribution in [-0.2, 0) is 21.3 Å². The summed E-state index contributed by atoms with van der Waals surface area (Å²) >= 11 is 13.9. The lowest BCUT2D eigenvalue weighted by Crippen LogP contribution is -2.19. The molecular weight excluding hydrogens is 536 g/mol. The molecule has 0 atom stereocenters. The summed E-state index contributed by atoms with van der Waals surface area (Å²) in [5.41, 5.74) is 0.968.